The number of carbonyl (C=O) groups is 1. The summed E-state index contributed by atoms with van der Waals surface area (Å²) in [7, 11) is 0. The van der Waals surface area contributed by atoms with Crippen LogP contribution < -0.4 is 0 Å². The SMILES string of the molecule is CC(C)c1nc2cccnc2n1C1CCN(C(=O)c2ccc(-n3cccn3)cc2)CC1. The molecule has 0 N–H and O–H groups in total. The van der Waals surface area contributed by atoms with E-state index in [4.69, 9.17) is 4.98 Å². The van der Waals surface area contributed by atoms with Gasteiger partial charge < -0.3 is 9.47 Å². The molecule has 1 aromatic carbocycles. The molecule has 0 aliphatic carbocycles. The van der Waals surface area contributed by atoms with Crippen LogP contribution in [0.4, 0.5) is 0 Å². The summed E-state index contributed by atoms with van der Waals surface area (Å²) >= 11 is 0. The maximum Gasteiger partial charge on any atom is 0.253 e. The lowest BCUT2D eigenvalue weighted by Gasteiger charge is -2.33. The Morgan fingerprint density at radius 1 is 1.03 bits per heavy atom. The number of piperidine rings is 1. The van der Waals surface area contributed by atoms with Gasteiger partial charge in [-0.15, -0.1) is 0 Å². The van der Waals surface area contributed by atoms with Crippen molar-refractivity contribution in [2.75, 3.05) is 13.1 Å². The molecule has 0 atom stereocenters. The monoisotopic (exact) mass is 414 g/mol. The molecular formula is C24H26N6O. The topological polar surface area (TPSA) is 68.8 Å². The van der Waals surface area contributed by atoms with Crippen LogP contribution >= 0.6 is 0 Å². The van der Waals surface area contributed by atoms with Gasteiger partial charge in [0.1, 0.15) is 11.3 Å². The fourth-order valence-corrected chi connectivity index (χ4v) is 4.40. The van der Waals surface area contributed by atoms with Crippen LogP contribution in [0.15, 0.2) is 61.1 Å². The van der Waals surface area contributed by atoms with E-state index in [1.54, 1.807) is 10.9 Å². The van der Waals surface area contributed by atoms with E-state index in [1.165, 1.54) is 0 Å². The highest BCUT2D eigenvalue weighted by atomic mass is 16.2. The number of hydrogen-bond donors (Lipinski definition) is 0. The van der Waals surface area contributed by atoms with Gasteiger partial charge in [-0.3, -0.25) is 4.79 Å². The second-order valence-electron chi connectivity index (χ2n) is 8.36. The predicted molar refractivity (Wildman–Crippen MR) is 119 cm³/mol. The maximum atomic E-state index is 13.1. The van der Waals surface area contributed by atoms with Gasteiger partial charge in [0.05, 0.1) is 5.69 Å². The third-order valence-electron chi connectivity index (χ3n) is 5.99. The van der Waals surface area contributed by atoms with Gasteiger partial charge in [0.2, 0.25) is 0 Å². The standard InChI is InChI=1S/C24H26N6O/c1-17(2)22-27-21-5-3-12-25-23(21)30(22)20-10-15-28(16-11-20)24(31)18-6-8-19(9-7-18)29-14-4-13-26-29/h3-9,12-14,17,20H,10-11,15-16H2,1-2H3. The van der Waals surface area contributed by atoms with E-state index in [9.17, 15) is 4.79 Å². The molecule has 4 heterocycles. The number of amides is 1. The Hall–Kier alpha value is -3.48. The van der Waals surface area contributed by atoms with Gasteiger partial charge in [-0.2, -0.15) is 5.10 Å². The van der Waals surface area contributed by atoms with E-state index >= 15 is 0 Å². The zero-order valence-corrected chi connectivity index (χ0v) is 17.8. The molecule has 1 aliphatic heterocycles. The van der Waals surface area contributed by atoms with Crippen molar-refractivity contribution in [2.45, 2.75) is 38.6 Å². The Bertz CT molecular complexity index is 1180. The molecule has 3 aromatic heterocycles. The van der Waals surface area contributed by atoms with Crippen LogP contribution in [0, 0.1) is 0 Å². The summed E-state index contributed by atoms with van der Waals surface area (Å²) in [5, 5.41) is 4.23. The van der Waals surface area contributed by atoms with Gasteiger partial charge in [-0.05, 0) is 55.3 Å². The number of pyridine rings is 1. The fourth-order valence-electron chi connectivity index (χ4n) is 4.40. The Morgan fingerprint density at radius 3 is 2.48 bits per heavy atom. The van der Waals surface area contributed by atoms with Crippen molar-refractivity contribution in [1.82, 2.24) is 29.2 Å². The Balaban J connectivity index is 1.31. The van der Waals surface area contributed by atoms with E-state index < -0.39 is 0 Å². The first-order valence-corrected chi connectivity index (χ1v) is 10.8. The lowest BCUT2D eigenvalue weighted by atomic mass is 10.0. The third kappa shape index (κ3) is 3.60. The van der Waals surface area contributed by atoms with Gasteiger partial charge in [-0.25, -0.2) is 14.6 Å². The summed E-state index contributed by atoms with van der Waals surface area (Å²) in [5.74, 6) is 1.48. The number of nitrogens with zero attached hydrogens (tertiary/aromatic N) is 6. The smallest absolute Gasteiger partial charge is 0.253 e. The molecule has 1 fully saturated rings. The molecule has 7 heteroatoms. The Kier molecular flexibility index (Phi) is 5.02. The molecule has 0 bridgehead atoms. The molecule has 5 rings (SSSR count). The second kappa shape index (κ2) is 7.98. The Morgan fingerprint density at radius 2 is 1.81 bits per heavy atom. The number of benzene rings is 1. The van der Waals surface area contributed by atoms with Crippen LogP contribution in [0.1, 0.15) is 54.8 Å². The number of fused-ring (bicyclic) bond motifs is 1. The molecule has 1 saturated heterocycles. The first-order valence-electron chi connectivity index (χ1n) is 10.8. The van der Waals surface area contributed by atoms with Crippen LogP contribution in [-0.2, 0) is 0 Å². The zero-order valence-electron chi connectivity index (χ0n) is 17.8. The highest BCUT2D eigenvalue weighted by Gasteiger charge is 2.28. The highest BCUT2D eigenvalue weighted by Crippen LogP contribution is 2.31. The first-order chi connectivity index (χ1) is 15.1. The average molecular weight is 415 g/mol. The number of carbonyl (C=O) groups excluding carboxylic acids is 1. The van der Waals surface area contributed by atoms with Gasteiger partial charge >= 0.3 is 0 Å². The molecule has 1 amide bonds. The summed E-state index contributed by atoms with van der Waals surface area (Å²) in [6, 6.07) is 13.8. The first kappa shape index (κ1) is 19.5. The summed E-state index contributed by atoms with van der Waals surface area (Å²) in [4.78, 5) is 24.4. The minimum Gasteiger partial charge on any atom is -0.338 e. The summed E-state index contributed by atoms with van der Waals surface area (Å²) in [6.45, 7) is 5.80. The predicted octanol–water partition coefficient (Wildman–Crippen LogP) is 4.22. The van der Waals surface area contributed by atoms with Gasteiger partial charge in [-0.1, -0.05) is 13.8 Å². The number of likely N-dealkylation sites (tertiary alicyclic amines) is 1. The number of aromatic nitrogens is 5. The van der Waals surface area contributed by atoms with E-state index in [-0.39, 0.29) is 5.91 Å². The molecule has 0 radical (unpaired) electrons. The van der Waals surface area contributed by atoms with Crippen molar-refractivity contribution in [3.63, 3.8) is 0 Å². The molecular weight excluding hydrogens is 388 g/mol. The van der Waals surface area contributed by atoms with E-state index in [1.807, 2.05) is 59.8 Å². The lowest BCUT2D eigenvalue weighted by Crippen LogP contribution is -2.39. The third-order valence-corrected chi connectivity index (χ3v) is 5.99. The summed E-state index contributed by atoms with van der Waals surface area (Å²) in [6.07, 6.45) is 7.27. The van der Waals surface area contributed by atoms with Crippen LogP contribution in [0.2, 0.25) is 0 Å². The van der Waals surface area contributed by atoms with E-state index in [0.717, 1.165) is 48.6 Å². The van der Waals surface area contributed by atoms with Crippen LogP contribution in [0.5, 0.6) is 0 Å². The summed E-state index contributed by atoms with van der Waals surface area (Å²) in [5.41, 5.74) is 3.56. The van der Waals surface area contributed by atoms with Crippen molar-refractivity contribution in [1.29, 1.82) is 0 Å². The molecule has 31 heavy (non-hydrogen) atoms. The Labute approximate surface area is 181 Å². The number of imidazole rings is 1. The van der Waals surface area contributed by atoms with Crippen LogP contribution in [0.3, 0.4) is 0 Å². The second-order valence-corrected chi connectivity index (χ2v) is 8.36. The van der Waals surface area contributed by atoms with Gasteiger partial charge in [0, 0.05) is 49.2 Å². The van der Waals surface area contributed by atoms with Gasteiger partial charge in [0.15, 0.2) is 5.65 Å². The molecule has 0 unspecified atom stereocenters. The fraction of sp³-hybridized carbons (Fsp3) is 0.333. The van der Waals surface area contributed by atoms with Crippen molar-refractivity contribution in [3.05, 3.63) is 72.4 Å². The van der Waals surface area contributed by atoms with Gasteiger partial charge in [0.25, 0.3) is 5.91 Å². The van der Waals surface area contributed by atoms with Crippen molar-refractivity contribution in [3.8, 4) is 5.69 Å². The van der Waals surface area contributed by atoms with E-state index in [2.05, 4.69) is 28.5 Å². The molecule has 1 aliphatic rings. The minimum absolute atomic E-state index is 0.0863. The average Bonchev–Trinajstić information content (AvgIpc) is 3.47. The molecule has 4 aromatic rings. The van der Waals surface area contributed by atoms with Crippen molar-refractivity contribution >= 4 is 17.1 Å². The normalized spacial score (nSPS) is 15.1. The molecule has 0 saturated carbocycles. The number of hydrogen-bond acceptors (Lipinski definition) is 4. The van der Waals surface area contributed by atoms with Crippen LogP contribution in [-0.4, -0.2) is 48.2 Å². The largest absolute Gasteiger partial charge is 0.338 e. The minimum atomic E-state index is 0.0863. The molecule has 158 valence electrons. The van der Waals surface area contributed by atoms with Crippen molar-refractivity contribution in [2.24, 2.45) is 0 Å². The zero-order chi connectivity index (χ0) is 21.4. The number of rotatable bonds is 4. The summed E-state index contributed by atoms with van der Waals surface area (Å²) < 4.78 is 4.09. The quantitative estimate of drug-likeness (QED) is 0.501. The highest BCUT2D eigenvalue weighted by molar-refractivity contribution is 5.94. The molecule has 7 nitrogen and oxygen atoms in total. The molecule has 0 spiro atoms. The van der Waals surface area contributed by atoms with Crippen molar-refractivity contribution < 1.29 is 4.79 Å². The van der Waals surface area contributed by atoms with Crippen LogP contribution in [0.25, 0.3) is 16.9 Å². The van der Waals surface area contributed by atoms with E-state index in [0.29, 0.717) is 17.5 Å². The lowest BCUT2D eigenvalue weighted by molar-refractivity contribution is 0.0694. The maximum absolute atomic E-state index is 13.1.